The highest BCUT2D eigenvalue weighted by Gasteiger charge is 2.17. The normalized spacial score (nSPS) is 11.1. The van der Waals surface area contributed by atoms with Crippen molar-refractivity contribution in [2.45, 2.75) is 46.7 Å². The van der Waals surface area contributed by atoms with Gasteiger partial charge in [-0.25, -0.2) is 9.50 Å². The van der Waals surface area contributed by atoms with E-state index in [4.69, 9.17) is 0 Å². The van der Waals surface area contributed by atoms with E-state index in [-0.39, 0.29) is 5.91 Å². The van der Waals surface area contributed by atoms with Gasteiger partial charge in [0.1, 0.15) is 11.6 Å². The minimum Gasteiger partial charge on any atom is -0.339 e. The Balaban J connectivity index is 1.68. The van der Waals surface area contributed by atoms with Crippen molar-refractivity contribution in [3.05, 3.63) is 64.1 Å². The number of nitrogens with zero attached hydrogens (tertiary/aromatic N) is 6. The molecule has 0 N–H and O–H groups in total. The van der Waals surface area contributed by atoms with Gasteiger partial charge >= 0.3 is 0 Å². The van der Waals surface area contributed by atoms with Crippen LogP contribution >= 0.6 is 0 Å². The molecule has 0 unspecified atom stereocenters. The number of aryl methyl sites for hydroxylation is 2. The van der Waals surface area contributed by atoms with Gasteiger partial charge in [0.2, 0.25) is 5.91 Å². The summed E-state index contributed by atoms with van der Waals surface area (Å²) < 4.78 is 1.69. The minimum atomic E-state index is 0.122. The van der Waals surface area contributed by atoms with Gasteiger partial charge in [0, 0.05) is 37.4 Å². The lowest BCUT2D eigenvalue weighted by Gasteiger charge is -2.22. The third-order valence-corrected chi connectivity index (χ3v) is 5.55. The highest BCUT2D eigenvalue weighted by Crippen LogP contribution is 2.19. The summed E-state index contributed by atoms with van der Waals surface area (Å²) in [4.78, 5) is 21.5. The van der Waals surface area contributed by atoms with Crippen molar-refractivity contribution in [1.82, 2.24) is 24.4 Å². The van der Waals surface area contributed by atoms with Gasteiger partial charge in [-0.15, -0.1) is 0 Å². The molecule has 1 amide bonds. The number of aromatic nitrogens is 3. The Morgan fingerprint density at radius 3 is 2.35 bits per heavy atom. The van der Waals surface area contributed by atoms with E-state index in [0.29, 0.717) is 37.1 Å². The lowest BCUT2D eigenvalue weighted by molar-refractivity contribution is -0.131. The van der Waals surface area contributed by atoms with Crippen LogP contribution in [0.25, 0.3) is 5.65 Å². The van der Waals surface area contributed by atoms with Gasteiger partial charge in [-0.2, -0.15) is 10.4 Å². The average molecular weight is 419 g/mol. The van der Waals surface area contributed by atoms with Crippen LogP contribution in [0.2, 0.25) is 0 Å². The van der Waals surface area contributed by atoms with Gasteiger partial charge in [0.25, 0.3) is 0 Å². The van der Waals surface area contributed by atoms with Gasteiger partial charge in [-0.05, 0) is 58.0 Å². The van der Waals surface area contributed by atoms with Crippen LogP contribution in [-0.2, 0) is 24.3 Å². The molecule has 0 aliphatic rings. The predicted octanol–water partition coefficient (Wildman–Crippen LogP) is 3.26. The second-order valence-electron chi connectivity index (χ2n) is 8.13. The molecule has 0 fully saturated rings. The largest absolute Gasteiger partial charge is 0.339 e. The second kappa shape index (κ2) is 9.71. The molecule has 0 bridgehead atoms. The van der Waals surface area contributed by atoms with E-state index >= 15 is 0 Å². The van der Waals surface area contributed by atoms with Crippen LogP contribution in [0.4, 0.5) is 0 Å². The molecule has 7 heteroatoms. The first-order chi connectivity index (χ1) is 14.8. The van der Waals surface area contributed by atoms with Crippen molar-refractivity contribution in [3.8, 4) is 6.07 Å². The lowest BCUT2D eigenvalue weighted by Crippen LogP contribution is -2.30. The lowest BCUT2D eigenvalue weighted by atomic mass is 10.1. The smallest absolute Gasteiger partial charge is 0.223 e. The fourth-order valence-electron chi connectivity index (χ4n) is 3.85. The van der Waals surface area contributed by atoms with Gasteiger partial charge in [-0.3, -0.25) is 4.79 Å². The molecule has 162 valence electrons. The molecule has 0 radical (unpaired) electrons. The number of amides is 1. The van der Waals surface area contributed by atoms with Crippen molar-refractivity contribution < 1.29 is 4.79 Å². The van der Waals surface area contributed by atoms with Crippen molar-refractivity contribution in [2.75, 3.05) is 20.6 Å². The number of carbonyl (C=O) groups is 1. The van der Waals surface area contributed by atoms with Gasteiger partial charge < -0.3 is 9.80 Å². The molecule has 0 saturated heterocycles. The monoisotopic (exact) mass is 418 g/mol. The summed E-state index contributed by atoms with van der Waals surface area (Å²) in [5.74, 6) is 0.122. The summed E-state index contributed by atoms with van der Waals surface area (Å²) in [6, 6.07) is 10.6. The van der Waals surface area contributed by atoms with Crippen LogP contribution < -0.4 is 0 Å². The molecular formula is C24H30N6O. The number of rotatable bonds is 8. The number of carbonyl (C=O) groups excluding carboxylic acids is 1. The number of nitriles is 1. The standard InChI is InChI=1S/C24H30N6O/c1-6-29(16-20-9-7-19(8-10-20)15-28(4)5)23(31)12-11-22-17(2)27-24-21(13-25)14-26-30(24)18(22)3/h7-10,14H,6,11-12,15-16H2,1-5H3. The molecule has 0 aliphatic heterocycles. The number of benzene rings is 1. The first kappa shape index (κ1) is 22.4. The van der Waals surface area contributed by atoms with E-state index in [9.17, 15) is 10.1 Å². The van der Waals surface area contributed by atoms with E-state index in [1.807, 2.05) is 25.7 Å². The van der Waals surface area contributed by atoms with Crippen LogP contribution in [0.1, 0.15) is 47.0 Å². The molecule has 0 spiro atoms. The maximum Gasteiger partial charge on any atom is 0.223 e. The van der Waals surface area contributed by atoms with Crippen LogP contribution in [0.3, 0.4) is 0 Å². The zero-order chi connectivity index (χ0) is 22.5. The second-order valence-corrected chi connectivity index (χ2v) is 8.13. The summed E-state index contributed by atoms with van der Waals surface area (Å²) in [5, 5.41) is 13.5. The summed E-state index contributed by atoms with van der Waals surface area (Å²) in [6.45, 7) is 8.07. The Bertz CT molecular complexity index is 1110. The zero-order valence-corrected chi connectivity index (χ0v) is 19.0. The van der Waals surface area contributed by atoms with Crippen molar-refractivity contribution in [3.63, 3.8) is 0 Å². The van der Waals surface area contributed by atoms with Crippen molar-refractivity contribution in [1.29, 1.82) is 5.26 Å². The Morgan fingerprint density at radius 1 is 1.13 bits per heavy atom. The minimum absolute atomic E-state index is 0.122. The number of hydrogen-bond acceptors (Lipinski definition) is 5. The molecule has 2 aromatic heterocycles. The van der Waals surface area contributed by atoms with Crippen LogP contribution in [0.15, 0.2) is 30.5 Å². The average Bonchev–Trinajstić information content (AvgIpc) is 3.15. The van der Waals surface area contributed by atoms with Crippen LogP contribution in [0, 0.1) is 25.2 Å². The molecule has 7 nitrogen and oxygen atoms in total. The molecule has 3 rings (SSSR count). The van der Waals surface area contributed by atoms with Crippen LogP contribution in [0.5, 0.6) is 0 Å². The Kier molecular flexibility index (Phi) is 7.03. The summed E-state index contributed by atoms with van der Waals surface area (Å²) >= 11 is 0. The Morgan fingerprint density at radius 2 is 1.77 bits per heavy atom. The molecule has 0 saturated carbocycles. The molecule has 1 aromatic carbocycles. The Hall–Kier alpha value is -3.24. The number of hydrogen-bond donors (Lipinski definition) is 0. The molecule has 0 atom stereocenters. The van der Waals surface area contributed by atoms with Gasteiger partial charge in [0.05, 0.1) is 6.20 Å². The third-order valence-electron chi connectivity index (χ3n) is 5.55. The summed E-state index contributed by atoms with van der Waals surface area (Å²) in [5.41, 5.74) is 6.20. The van der Waals surface area contributed by atoms with E-state index in [2.05, 4.69) is 59.4 Å². The van der Waals surface area contributed by atoms with Crippen molar-refractivity contribution in [2.24, 2.45) is 0 Å². The molecule has 2 heterocycles. The molecule has 0 aliphatic carbocycles. The zero-order valence-electron chi connectivity index (χ0n) is 19.0. The maximum absolute atomic E-state index is 12.9. The molecule has 31 heavy (non-hydrogen) atoms. The van der Waals surface area contributed by atoms with E-state index in [0.717, 1.165) is 29.1 Å². The quantitative estimate of drug-likeness (QED) is 0.561. The molecular weight excluding hydrogens is 388 g/mol. The number of fused-ring (bicyclic) bond motifs is 1. The highest BCUT2D eigenvalue weighted by molar-refractivity contribution is 5.76. The predicted molar refractivity (Wildman–Crippen MR) is 120 cm³/mol. The fraction of sp³-hybridized carbons (Fsp3) is 0.417. The van der Waals surface area contributed by atoms with Gasteiger partial charge in [-0.1, -0.05) is 24.3 Å². The van der Waals surface area contributed by atoms with Crippen molar-refractivity contribution >= 4 is 11.6 Å². The topological polar surface area (TPSA) is 77.5 Å². The summed E-state index contributed by atoms with van der Waals surface area (Å²) in [7, 11) is 4.10. The third kappa shape index (κ3) is 5.09. The fourth-order valence-corrected chi connectivity index (χ4v) is 3.85. The van der Waals surface area contributed by atoms with E-state index < -0.39 is 0 Å². The van der Waals surface area contributed by atoms with Gasteiger partial charge in [0.15, 0.2) is 5.65 Å². The van der Waals surface area contributed by atoms with E-state index in [1.54, 1.807) is 4.52 Å². The first-order valence-corrected chi connectivity index (χ1v) is 10.6. The molecule has 3 aromatic rings. The van der Waals surface area contributed by atoms with E-state index in [1.165, 1.54) is 11.8 Å². The first-order valence-electron chi connectivity index (χ1n) is 10.6. The summed E-state index contributed by atoms with van der Waals surface area (Å²) in [6.07, 6.45) is 2.54. The highest BCUT2D eigenvalue weighted by atomic mass is 16.2. The van der Waals surface area contributed by atoms with Crippen LogP contribution in [-0.4, -0.2) is 50.9 Å². The SMILES string of the molecule is CCN(Cc1ccc(CN(C)C)cc1)C(=O)CCc1c(C)nc2c(C#N)cnn2c1C. The Labute approximate surface area is 183 Å². The maximum atomic E-state index is 12.9.